The minimum absolute atomic E-state index is 0.0224. The first kappa shape index (κ1) is 24.0. The summed E-state index contributed by atoms with van der Waals surface area (Å²) in [6, 6.07) is 16.1. The van der Waals surface area contributed by atoms with E-state index in [0.29, 0.717) is 15.0 Å². The van der Waals surface area contributed by atoms with Gasteiger partial charge >= 0.3 is 12.5 Å². The van der Waals surface area contributed by atoms with E-state index >= 15 is 0 Å². The average Bonchev–Trinajstić information content (AvgIpc) is 3.25. The van der Waals surface area contributed by atoms with Crippen molar-refractivity contribution in [1.29, 1.82) is 0 Å². The molecule has 0 atom stereocenters. The number of benzene rings is 3. The predicted molar refractivity (Wildman–Crippen MR) is 125 cm³/mol. The number of para-hydroxylation sites is 2. The van der Waals surface area contributed by atoms with Crippen molar-refractivity contribution < 1.29 is 28.0 Å². The highest BCUT2D eigenvalue weighted by Crippen LogP contribution is 2.30. The molecule has 0 N–H and O–H groups in total. The smallest absolute Gasteiger partial charge is 0.339 e. The molecular formula is C24H17F2N3O5S. The van der Waals surface area contributed by atoms with E-state index < -0.39 is 29.8 Å². The number of nitro benzene ring substituents is 1. The molecule has 0 amide bonds. The molecule has 0 saturated carbocycles. The first-order valence-electron chi connectivity index (χ1n) is 10.2. The average molecular weight is 497 g/mol. The molecule has 4 aromatic rings. The van der Waals surface area contributed by atoms with E-state index in [1.807, 2.05) is 0 Å². The molecule has 1 heterocycles. The number of thioether (sulfide) groups is 1. The zero-order chi connectivity index (χ0) is 25.1. The highest BCUT2D eigenvalue weighted by atomic mass is 32.2. The Hall–Kier alpha value is -4.12. The lowest BCUT2D eigenvalue weighted by molar-refractivity contribution is -0.387. The van der Waals surface area contributed by atoms with Crippen LogP contribution in [0.15, 0.2) is 71.6 Å². The van der Waals surface area contributed by atoms with Crippen LogP contribution in [0.4, 0.5) is 14.5 Å². The Labute approximate surface area is 201 Å². The van der Waals surface area contributed by atoms with Gasteiger partial charge in [-0.25, -0.2) is 9.78 Å². The number of imidazole rings is 1. The number of hydrogen-bond donors (Lipinski definition) is 0. The molecular weight excluding hydrogens is 480 g/mol. The predicted octanol–water partition coefficient (Wildman–Crippen LogP) is 5.65. The molecule has 4 rings (SSSR count). The monoisotopic (exact) mass is 497 g/mol. The van der Waals surface area contributed by atoms with Crippen molar-refractivity contribution in [2.45, 2.75) is 18.1 Å². The molecule has 0 fully saturated rings. The van der Waals surface area contributed by atoms with Crippen LogP contribution in [-0.4, -0.2) is 32.5 Å². The summed E-state index contributed by atoms with van der Waals surface area (Å²) in [6.45, 7) is -3.45. The Bertz CT molecular complexity index is 1450. The molecule has 0 spiro atoms. The van der Waals surface area contributed by atoms with Gasteiger partial charge < -0.3 is 4.74 Å². The summed E-state index contributed by atoms with van der Waals surface area (Å²) < 4.78 is 33.2. The SMILES string of the molecule is CSc1ccc(C(=O)c2ccccc2C(=O)OCc2nc3ccccc3n2C(F)F)cc1[N+](=O)[O-]. The zero-order valence-electron chi connectivity index (χ0n) is 18.2. The van der Waals surface area contributed by atoms with Crippen molar-refractivity contribution in [3.63, 3.8) is 0 Å². The molecule has 8 nitrogen and oxygen atoms in total. The fourth-order valence-electron chi connectivity index (χ4n) is 3.61. The zero-order valence-corrected chi connectivity index (χ0v) is 19.0. The lowest BCUT2D eigenvalue weighted by Gasteiger charge is -2.11. The maximum absolute atomic E-state index is 13.6. The summed E-state index contributed by atoms with van der Waals surface area (Å²) in [6.07, 6.45) is 1.68. The Morgan fingerprint density at radius 1 is 1.09 bits per heavy atom. The van der Waals surface area contributed by atoms with E-state index in [1.165, 1.54) is 54.2 Å². The highest BCUT2D eigenvalue weighted by molar-refractivity contribution is 7.98. The number of ether oxygens (including phenoxy) is 1. The van der Waals surface area contributed by atoms with Gasteiger partial charge in [-0.1, -0.05) is 30.3 Å². The van der Waals surface area contributed by atoms with Gasteiger partial charge in [0.1, 0.15) is 6.61 Å². The molecule has 0 radical (unpaired) electrons. The van der Waals surface area contributed by atoms with Gasteiger partial charge in [0, 0.05) is 17.2 Å². The minimum Gasteiger partial charge on any atom is -0.454 e. The van der Waals surface area contributed by atoms with Crippen molar-refractivity contribution in [2.75, 3.05) is 6.26 Å². The number of rotatable bonds is 8. The van der Waals surface area contributed by atoms with Crippen LogP contribution in [0.1, 0.15) is 38.7 Å². The van der Waals surface area contributed by atoms with Crippen LogP contribution in [0, 0.1) is 10.1 Å². The Morgan fingerprint density at radius 3 is 2.46 bits per heavy atom. The first-order chi connectivity index (χ1) is 16.8. The second kappa shape index (κ2) is 10.0. The maximum atomic E-state index is 13.6. The van der Waals surface area contributed by atoms with E-state index in [0.717, 1.165) is 6.07 Å². The largest absolute Gasteiger partial charge is 0.454 e. The van der Waals surface area contributed by atoms with Crippen molar-refractivity contribution in [2.24, 2.45) is 0 Å². The minimum atomic E-state index is -2.90. The number of alkyl halides is 2. The van der Waals surface area contributed by atoms with Crippen LogP contribution in [0.5, 0.6) is 0 Å². The van der Waals surface area contributed by atoms with Crippen LogP contribution in [-0.2, 0) is 11.3 Å². The number of carbonyl (C=O) groups is 2. The van der Waals surface area contributed by atoms with Crippen LogP contribution in [0.3, 0.4) is 0 Å². The molecule has 35 heavy (non-hydrogen) atoms. The molecule has 0 aliphatic heterocycles. The summed E-state index contributed by atoms with van der Waals surface area (Å²) in [5, 5.41) is 11.4. The van der Waals surface area contributed by atoms with Crippen molar-refractivity contribution >= 4 is 40.2 Å². The fraction of sp³-hybridized carbons (Fsp3) is 0.125. The molecule has 178 valence electrons. The first-order valence-corrected chi connectivity index (χ1v) is 11.4. The van der Waals surface area contributed by atoms with Gasteiger partial charge in [0.25, 0.3) is 5.69 Å². The Kier molecular flexibility index (Phi) is 6.87. The third-order valence-electron chi connectivity index (χ3n) is 5.23. The van der Waals surface area contributed by atoms with Crippen LogP contribution in [0.25, 0.3) is 11.0 Å². The molecule has 0 saturated heterocycles. The van der Waals surface area contributed by atoms with Gasteiger partial charge in [-0.05, 0) is 36.6 Å². The molecule has 0 bridgehead atoms. The van der Waals surface area contributed by atoms with Crippen molar-refractivity contribution in [1.82, 2.24) is 9.55 Å². The number of hydrogen-bond acceptors (Lipinski definition) is 7. The molecule has 0 aliphatic rings. The molecule has 1 aromatic heterocycles. The van der Waals surface area contributed by atoms with E-state index in [1.54, 1.807) is 24.5 Å². The molecule has 3 aromatic carbocycles. The molecule has 11 heteroatoms. The van der Waals surface area contributed by atoms with E-state index in [4.69, 9.17) is 4.74 Å². The third-order valence-corrected chi connectivity index (χ3v) is 6.01. The number of nitrogens with zero attached hydrogens (tertiary/aromatic N) is 3. The second-order valence-corrected chi connectivity index (χ2v) is 8.11. The third kappa shape index (κ3) is 4.76. The van der Waals surface area contributed by atoms with Crippen molar-refractivity contribution in [3.8, 4) is 0 Å². The maximum Gasteiger partial charge on any atom is 0.339 e. The summed E-state index contributed by atoms with van der Waals surface area (Å²) >= 11 is 1.17. The Morgan fingerprint density at radius 2 is 1.77 bits per heavy atom. The standard InChI is InChI=1S/C24H17F2N3O5S/c1-35-20-11-10-14(12-19(20)29(32)33)22(30)15-6-2-3-7-16(15)23(31)34-13-21-27-17-8-4-5-9-18(17)28(21)24(25)26/h2-12,24H,13H2,1H3. The number of esters is 1. The van der Waals surface area contributed by atoms with Gasteiger partial charge in [-0.15, -0.1) is 11.8 Å². The normalized spacial score (nSPS) is 11.1. The molecule has 0 aliphatic carbocycles. The number of ketones is 1. The number of carbonyl (C=O) groups excluding carboxylic acids is 2. The Balaban J connectivity index is 1.62. The summed E-state index contributed by atoms with van der Waals surface area (Å²) in [5.74, 6) is -1.69. The van der Waals surface area contributed by atoms with Gasteiger partial charge in [0.2, 0.25) is 0 Å². The lowest BCUT2D eigenvalue weighted by atomic mass is 9.98. The van der Waals surface area contributed by atoms with Gasteiger partial charge in [0.15, 0.2) is 11.6 Å². The van der Waals surface area contributed by atoms with Crippen LogP contribution < -0.4 is 0 Å². The summed E-state index contributed by atoms with van der Waals surface area (Å²) in [7, 11) is 0. The summed E-state index contributed by atoms with van der Waals surface area (Å²) in [5.41, 5.74) is 0.174. The summed E-state index contributed by atoms with van der Waals surface area (Å²) in [4.78, 5) is 41.3. The number of aromatic nitrogens is 2. The van der Waals surface area contributed by atoms with E-state index in [2.05, 4.69) is 4.98 Å². The number of halogens is 2. The lowest BCUT2D eigenvalue weighted by Crippen LogP contribution is -2.14. The quantitative estimate of drug-likeness (QED) is 0.102. The number of fused-ring (bicyclic) bond motifs is 1. The second-order valence-electron chi connectivity index (χ2n) is 7.26. The van der Waals surface area contributed by atoms with E-state index in [-0.39, 0.29) is 33.7 Å². The number of nitro groups is 1. The molecule has 0 unspecified atom stereocenters. The fourth-order valence-corrected chi connectivity index (χ4v) is 4.16. The van der Waals surface area contributed by atoms with Gasteiger partial charge in [0.05, 0.1) is 26.4 Å². The highest BCUT2D eigenvalue weighted by Gasteiger charge is 2.24. The van der Waals surface area contributed by atoms with E-state index in [9.17, 15) is 28.5 Å². The van der Waals surface area contributed by atoms with Gasteiger partial charge in [-0.3, -0.25) is 19.5 Å². The van der Waals surface area contributed by atoms with Crippen molar-refractivity contribution in [3.05, 3.63) is 99.4 Å². The van der Waals surface area contributed by atoms with Crippen LogP contribution in [0.2, 0.25) is 0 Å². The van der Waals surface area contributed by atoms with Gasteiger partial charge in [-0.2, -0.15) is 8.78 Å². The topological polar surface area (TPSA) is 104 Å². The van der Waals surface area contributed by atoms with Crippen LogP contribution >= 0.6 is 11.8 Å².